The number of nitrogens with zero attached hydrogens (tertiary/aromatic N) is 1. The molecule has 0 aromatic carbocycles. The monoisotopic (exact) mass is 896 g/mol. The standard InChI is InChI=1S/C52H82NO9P/c1-6-8-10-11-12-13-14-15-16-17-18-19-20-23-27-30-33-36-40-44-52(56)62-50(48-61-63(57,58)60-46-45-53(3,4)5)47-59-51(55)43-39-35-32-29-26-24-21-22-25-28-31-34-38-42-49(54)41-37-9-7-2/h8-10,12-13,15-16,18-19,22-27,31-32,34-35,37-38,42,49-50,54H,6-7,11,14,17,20-21,28-30,33,36,39-41,43-48H2,1-5H3/b10-8-,13-12-,16-15-,19-18-,25-22-,26-24-,27-23-,34-31+,35-32-,37-9-,42-38+/t49?,50-/m1/s1. The van der Waals surface area contributed by atoms with E-state index in [1.807, 2.05) is 63.7 Å². The zero-order valence-electron chi connectivity index (χ0n) is 39.3. The SMILES string of the molecule is CC/C=C\C/C=C\C/C=C\C/C=C\C/C=C\CCCCCC(=O)O[C@H](COC(=O)CC/C=C\C/C=C\C/C=C\C/C=C/C=C/C(O)C/C=C\CC)COP(=O)([O-])OCC[N+](C)(C)C. The van der Waals surface area contributed by atoms with E-state index >= 15 is 0 Å². The van der Waals surface area contributed by atoms with Gasteiger partial charge in [0.15, 0.2) is 6.10 Å². The lowest BCUT2D eigenvalue weighted by molar-refractivity contribution is -0.870. The molecule has 0 aliphatic carbocycles. The van der Waals surface area contributed by atoms with Crippen LogP contribution < -0.4 is 4.89 Å². The molecule has 0 rings (SSSR count). The number of carbonyl (C=O) groups excluding carboxylic acids is 2. The first-order valence-corrected chi connectivity index (χ1v) is 24.5. The van der Waals surface area contributed by atoms with Crippen LogP contribution in [0.5, 0.6) is 0 Å². The van der Waals surface area contributed by atoms with Gasteiger partial charge in [-0.3, -0.25) is 14.2 Å². The van der Waals surface area contributed by atoms with E-state index in [1.165, 1.54) is 0 Å². The van der Waals surface area contributed by atoms with Crippen molar-refractivity contribution in [3.05, 3.63) is 134 Å². The van der Waals surface area contributed by atoms with Gasteiger partial charge in [0.25, 0.3) is 7.82 Å². The molecule has 0 saturated carbocycles. The molecule has 2 unspecified atom stereocenters. The second-order valence-corrected chi connectivity index (χ2v) is 17.3. The van der Waals surface area contributed by atoms with Crippen LogP contribution in [0.1, 0.15) is 123 Å². The number of unbranched alkanes of at least 4 members (excludes halogenated alkanes) is 3. The number of rotatable bonds is 39. The average molecular weight is 896 g/mol. The van der Waals surface area contributed by atoms with E-state index in [1.54, 1.807) is 6.08 Å². The van der Waals surface area contributed by atoms with Gasteiger partial charge in [0.2, 0.25) is 0 Å². The lowest BCUT2D eigenvalue weighted by Crippen LogP contribution is -2.37. The highest BCUT2D eigenvalue weighted by atomic mass is 31.2. The largest absolute Gasteiger partial charge is 0.756 e. The molecule has 0 fully saturated rings. The molecule has 0 bridgehead atoms. The van der Waals surface area contributed by atoms with Crippen LogP contribution in [0.3, 0.4) is 0 Å². The van der Waals surface area contributed by atoms with Gasteiger partial charge in [-0.2, -0.15) is 0 Å². The number of esters is 2. The molecular weight excluding hydrogens is 814 g/mol. The third-order valence-electron chi connectivity index (χ3n) is 8.76. The van der Waals surface area contributed by atoms with Gasteiger partial charge in [0.1, 0.15) is 19.8 Å². The number of allylic oxidation sites excluding steroid dienone is 20. The Hall–Kier alpha value is -3.89. The summed E-state index contributed by atoms with van der Waals surface area (Å²) in [5, 5.41) is 9.85. The highest BCUT2D eigenvalue weighted by molar-refractivity contribution is 7.45. The van der Waals surface area contributed by atoms with E-state index in [0.29, 0.717) is 30.3 Å². The Bertz CT molecular complexity index is 1540. The van der Waals surface area contributed by atoms with Crippen LogP contribution in [0.15, 0.2) is 134 Å². The molecule has 11 heteroatoms. The maximum atomic E-state index is 12.7. The maximum Gasteiger partial charge on any atom is 0.306 e. The molecule has 0 saturated heterocycles. The first kappa shape index (κ1) is 59.1. The van der Waals surface area contributed by atoms with Crippen molar-refractivity contribution in [1.29, 1.82) is 0 Å². The Morgan fingerprint density at radius 2 is 1.10 bits per heavy atom. The number of ether oxygens (including phenoxy) is 2. The topological polar surface area (TPSA) is 131 Å². The lowest BCUT2D eigenvalue weighted by atomic mass is 10.1. The minimum atomic E-state index is -4.67. The summed E-state index contributed by atoms with van der Waals surface area (Å²) < 4.78 is 33.8. The van der Waals surface area contributed by atoms with E-state index < -0.39 is 38.6 Å². The number of phosphoric acid groups is 1. The van der Waals surface area contributed by atoms with Crippen LogP contribution >= 0.6 is 7.82 Å². The Balaban J connectivity index is 4.58. The molecule has 0 amide bonds. The molecule has 0 aromatic heterocycles. The summed E-state index contributed by atoms with van der Waals surface area (Å²) in [6, 6.07) is 0. The molecule has 63 heavy (non-hydrogen) atoms. The second-order valence-electron chi connectivity index (χ2n) is 15.8. The lowest BCUT2D eigenvalue weighted by Gasteiger charge is -2.28. The summed E-state index contributed by atoms with van der Waals surface area (Å²) in [5.41, 5.74) is 0. The van der Waals surface area contributed by atoms with E-state index in [9.17, 15) is 24.2 Å². The minimum Gasteiger partial charge on any atom is -0.756 e. The van der Waals surface area contributed by atoms with Gasteiger partial charge < -0.3 is 33.0 Å². The first-order chi connectivity index (χ1) is 30.4. The molecule has 0 spiro atoms. The molecule has 10 nitrogen and oxygen atoms in total. The predicted octanol–water partition coefficient (Wildman–Crippen LogP) is 11.8. The predicted molar refractivity (Wildman–Crippen MR) is 260 cm³/mol. The van der Waals surface area contributed by atoms with E-state index in [-0.39, 0.29) is 26.1 Å². The quantitative estimate of drug-likeness (QED) is 0.0160. The van der Waals surface area contributed by atoms with Crippen LogP contribution in [-0.4, -0.2) is 81.2 Å². The van der Waals surface area contributed by atoms with Crippen molar-refractivity contribution < 1.29 is 47.2 Å². The Morgan fingerprint density at radius 3 is 1.65 bits per heavy atom. The number of phosphoric ester groups is 1. The number of quaternary nitrogens is 1. The normalized spacial score (nSPS) is 15.2. The van der Waals surface area contributed by atoms with Gasteiger partial charge in [-0.05, 0) is 89.9 Å². The summed E-state index contributed by atoms with van der Waals surface area (Å²) in [7, 11) is 1.05. The first-order valence-electron chi connectivity index (χ1n) is 23.0. The molecule has 0 radical (unpaired) electrons. The van der Waals surface area contributed by atoms with Gasteiger partial charge in [-0.1, -0.05) is 154 Å². The third-order valence-corrected chi connectivity index (χ3v) is 9.72. The number of aliphatic hydroxyl groups excluding tert-OH is 1. The van der Waals surface area contributed by atoms with Crippen LogP contribution in [0, 0.1) is 0 Å². The fourth-order valence-corrected chi connectivity index (χ4v) is 5.93. The number of hydrogen-bond acceptors (Lipinski definition) is 9. The van der Waals surface area contributed by atoms with Gasteiger partial charge in [-0.15, -0.1) is 0 Å². The van der Waals surface area contributed by atoms with E-state index in [0.717, 1.165) is 77.0 Å². The van der Waals surface area contributed by atoms with Crippen LogP contribution in [0.25, 0.3) is 0 Å². The summed E-state index contributed by atoms with van der Waals surface area (Å²) in [4.78, 5) is 37.6. The van der Waals surface area contributed by atoms with Crippen molar-refractivity contribution >= 4 is 19.8 Å². The van der Waals surface area contributed by atoms with Crippen molar-refractivity contribution in [2.75, 3.05) is 47.5 Å². The molecule has 0 aromatic rings. The zero-order valence-corrected chi connectivity index (χ0v) is 40.2. The van der Waals surface area contributed by atoms with Crippen molar-refractivity contribution in [2.24, 2.45) is 0 Å². The smallest absolute Gasteiger partial charge is 0.306 e. The average Bonchev–Trinajstić information content (AvgIpc) is 3.23. The Kier molecular flexibility index (Phi) is 39.5. The maximum absolute atomic E-state index is 12.7. The fourth-order valence-electron chi connectivity index (χ4n) is 5.20. The van der Waals surface area contributed by atoms with Crippen LogP contribution in [-0.2, 0) is 32.7 Å². The molecular formula is C52H82NO9P. The zero-order chi connectivity index (χ0) is 46.5. The van der Waals surface area contributed by atoms with Crippen molar-refractivity contribution in [2.45, 2.75) is 135 Å². The highest BCUT2D eigenvalue weighted by Gasteiger charge is 2.21. The van der Waals surface area contributed by atoms with Gasteiger partial charge in [-0.25, -0.2) is 0 Å². The Labute approximate surface area is 382 Å². The molecule has 0 aliphatic heterocycles. The van der Waals surface area contributed by atoms with Crippen molar-refractivity contribution in [1.82, 2.24) is 0 Å². The summed E-state index contributed by atoms with van der Waals surface area (Å²) in [5.74, 6) is -1.01. The van der Waals surface area contributed by atoms with Crippen LogP contribution in [0.2, 0.25) is 0 Å². The van der Waals surface area contributed by atoms with Crippen molar-refractivity contribution in [3.8, 4) is 0 Å². The van der Waals surface area contributed by atoms with Crippen molar-refractivity contribution in [3.63, 3.8) is 0 Å². The summed E-state index contributed by atoms with van der Waals surface area (Å²) >= 11 is 0. The molecule has 0 heterocycles. The van der Waals surface area contributed by atoms with E-state index in [4.69, 9.17) is 18.5 Å². The van der Waals surface area contributed by atoms with Gasteiger partial charge >= 0.3 is 11.9 Å². The minimum absolute atomic E-state index is 0.0641. The fraction of sp³-hybridized carbons (Fsp3) is 0.538. The molecule has 354 valence electrons. The van der Waals surface area contributed by atoms with Crippen LogP contribution in [0.4, 0.5) is 0 Å². The number of carbonyl (C=O) groups is 2. The number of aliphatic hydroxyl groups is 1. The van der Waals surface area contributed by atoms with E-state index in [2.05, 4.69) is 98.9 Å². The highest BCUT2D eigenvalue weighted by Crippen LogP contribution is 2.38. The molecule has 1 N–H and O–H groups in total. The van der Waals surface area contributed by atoms with Gasteiger partial charge in [0, 0.05) is 12.8 Å². The van der Waals surface area contributed by atoms with Gasteiger partial charge in [0.05, 0.1) is 33.9 Å². The molecule has 0 aliphatic rings. The molecule has 3 atom stereocenters. The summed E-state index contributed by atoms with van der Waals surface area (Å²) in [6.07, 6.45) is 56.8. The summed E-state index contributed by atoms with van der Waals surface area (Å²) in [6.45, 7) is 3.73. The third kappa shape index (κ3) is 45.9. The number of hydrogen-bond donors (Lipinski definition) is 1. The Morgan fingerprint density at radius 1 is 0.587 bits per heavy atom. The second kappa shape index (κ2) is 42.1. The number of likely N-dealkylation sites (N-methyl/N-ethyl adjacent to an activating group) is 1.